The zero-order valence-corrected chi connectivity index (χ0v) is 22.0. The Hall–Kier alpha value is -3.65. The number of nitrogens with zero attached hydrogens (tertiary/aromatic N) is 2. The van der Waals surface area contributed by atoms with E-state index in [0.29, 0.717) is 30.9 Å². The lowest BCUT2D eigenvalue weighted by atomic mass is 10.2. The standard InChI is InChI=1S/C28H33N3O4S/c1-5-35-27(33)23-11-13-24(14-12-23)29-28(34)31(20(2)3)19-26(32)30(17-22-9-7-6-8-10-22)18-25-21(4)15-16-36-25/h6-16,20H,5,17-19H2,1-4H3,(H,29,34). The Morgan fingerprint density at radius 1 is 0.972 bits per heavy atom. The fourth-order valence-corrected chi connectivity index (χ4v) is 4.53. The highest BCUT2D eigenvalue weighted by molar-refractivity contribution is 7.10. The van der Waals surface area contributed by atoms with Crippen molar-refractivity contribution in [2.75, 3.05) is 18.5 Å². The van der Waals surface area contributed by atoms with Crippen molar-refractivity contribution in [3.05, 3.63) is 87.6 Å². The van der Waals surface area contributed by atoms with Crippen molar-refractivity contribution in [2.45, 2.75) is 46.8 Å². The minimum Gasteiger partial charge on any atom is -0.462 e. The van der Waals surface area contributed by atoms with Crippen molar-refractivity contribution in [3.8, 4) is 0 Å². The van der Waals surface area contributed by atoms with E-state index in [9.17, 15) is 14.4 Å². The molecular weight excluding hydrogens is 474 g/mol. The molecule has 0 unspecified atom stereocenters. The third-order valence-electron chi connectivity index (χ3n) is 5.71. The van der Waals surface area contributed by atoms with Crippen LogP contribution in [0.5, 0.6) is 0 Å². The zero-order chi connectivity index (χ0) is 26.1. The fourth-order valence-electron chi connectivity index (χ4n) is 3.61. The Balaban J connectivity index is 1.72. The van der Waals surface area contributed by atoms with Gasteiger partial charge in [0, 0.05) is 23.2 Å². The number of hydrogen-bond acceptors (Lipinski definition) is 5. The molecule has 3 rings (SSSR count). The Bertz CT molecular complexity index is 1160. The first-order chi connectivity index (χ1) is 17.3. The van der Waals surface area contributed by atoms with E-state index in [-0.39, 0.29) is 24.5 Å². The molecule has 0 aliphatic carbocycles. The first kappa shape index (κ1) is 26.9. The van der Waals surface area contributed by atoms with Gasteiger partial charge in [-0.15, -0.1) is 11.3 Å². The molecule has 0 aliphatic heterocycles. The number of benzene rings is 2. The smallest absolute Gasteiger partial charge is 0.338 e. The molecule has 190 valence electrons. The maximum absolute atomic E-state index is 13.5. The molecule has 0 atom stereocenters. The minimum atomic E-state index is -0.413. The summed E-state index contributed by atoms with van der Waals surface area (Å²) in [5, 5.41) is 4.86. The topological polar surface area (TPSA) is 79.0 Å². The van der Waals surface area contributed by atoms with Crippen LogP contribution in [0, 0.1) is 6.92 Å². The van der Waals surface area contributed by atoms with Crippen LogP contribution >= 0.6 is 11.3 Å². The van der Waals surface area contributed by atoms with Crippen molar-refractivity contribution in [1.82, 2.24) is 9.80 Å². The van der Waals surface area contributed by atoms with Crippen LogP contribution < -0.4 is 5.32 Å². The van der Waals surface area contributed by atoms with Crippen LogP contribution in [0.4, 0.5) is 10.5 Å². The van der Waals surface area contributed by atoms with E-state index in [1.54, 1.807) is 47.4 Å². The number of esters is 1. The number of hydrogen-bond donors (Lipinski definition) is 1. The number of thiophene rings is 1. The molecule has 0 radical (unpaired) electrons. The van der Waals surface area contributed by atoms with Gasteiger partial charge in [0.15, 0.2) is 0 Å². The number of carbonyl (C=O) groups is 3. The van der Waals surface area contributed by atoms with E-state index < -0.39 is 5.97 Å². The van der Waals surface area contributed by atoms with Gasteiger partial charge in [0.25, 0.3) is 0 Å². The van der Waals surface area contributed by atoms with E-state index in [0.717, 1.165) is 16.0 Å². The zero-order valence-electron chi connectivity index (χ0n) is 21.2. The Morgan fingerprint density at radius 3 is 2.25 bits per heavy atom. The minimum absolute atomic E-state index is 0.0539. The summed E-state index contributed by atoms with van der Waals surface area (Å²) in [6.07, 6.45) is 0. The lowest BCUT2D eigenvalue weighted by Crippen LogP contribution is -2.47. The van der Waals surface area contributed by atoms with E-state index in [2.05, 4.69) is 5.32 Å². The quantitative estimate of drug-likeness (QED) is 0.357. The normalized spacial score (nSPS) is 10.7. The molecule has 8 heteroatoms. The summed E-state index contributed by atoms with van der Waals surface area (Å²) in [6.45, 7) is 8.72. The van der Waals surface area contributed by atoms with Gasteiger partial charge in [-0.2, -0.15) is 0 Å². The van der Waals surface area contributed by atoms with Gasteiger partial charge in [0.1, 0.15) is 6.54 Å². The maximum atomic E-state index is 13.5. The van der Waals surface area contributed by atoms with Crippen molar-refractivity contribution in [2.24, 2.45) is 0 Å². The second-order valence-electron chi connectivity index (χ2n) is 8.71. The molecule has 1 N–H and O–H groups in total. The molecule has 1 heterocycles. The maximum Gasteiger partial charge on any atom is 0.338 e. The molecule has 0 spiro atoms. The van der Waals surface area contributed by atoms with Gasteiger partial charge < -0.3 is 19.9 Å². The van der Waals surface area contributed by atoms with Crippen LogP contribution in [0.3, 0.4) is 0 Å². The molecule has 36 heavy (non-hydrogen) atoms. The van der Waals surface area contributed by atoms with Gasteiger partial charge in [0.05, 0.1) is 18.7 Å². The average molecular weight is 508 g/mol. The van der Waals surface area contributed by atoms with Crippen LogP contribution in [-0.4, -0.2) is 46.9 Å². The lowest BCUT2D eigenvalue weighted by Gasteiger charge is -2.30. The summed E-state index contributed by atoms with van der Waals surface area (Å²) in [5.41, 5.74) is 3.12. The first-order valence-electron chi connectivity index (χ1n) is 12.0. The van der Waals surface area contributed by atoms with Crippen molar-refractivity contribution >= 4 is 34.9 Å². The highest BCUT2D eigenvalue weighted by Gasteiger charge is 2.24. The summed E-state index contributed by atoms with van der Waals surface area (Å²) in [6, 6.07) is 17.8. The third kappa shape index (κ3) is 7.42. The Kier molecular flexibility index (Phi) is 9.64. The van der Waals surface area contributed by atoms with Gasteiger partial charge in [-0.05, 0) is 74.5 Å². The van der Waals surface area contributed by atoms with E-state index >= 15 is 0 Å². The number of rotatable bonds is 10. The summed E-state index contributed by atoms with van der Waals surface area (Å²) >= 11 is 1.63. The van der Waals surface area contributed by atoms with Crippen molar-refractivity contribution < 1.29 is 19.1 Å². The number of nitrogens with one attached hydrogen (secondary N) is 1. The number of ether oxygens (including phenoxy) is 1. The van der Waals surface area contributed by atoms with E-state index in [1.807, 2.05) is 62.5 Å². The largest absolute Gasteiger partial charge is 0.462 e. The predicted octanol–water partition coefficient (Wildman–Crippen LogP) is 5.70. The Morgan fingerprint density at radius 2 is 1.67 bits per heavy atom. The molecule has 3 amide bonds. The first-order valence-corrected chi connectivity index (χ1v) is 12.9. The molecule has 0 aliphatic rings. The van der Waals surface area contributed by atoms with Gasteiger partial charge in [0.2, 0.25) is 5.91 Å². The number of amides is 3. The van der Waals surface area contributed by atoms with Crippen LogP contribution in [0.15, 0.2) is 66.0 Å². The monoisotopic (exact) mass is 507 g/mol. The highest BCUT2D eigenvalue weighted by Crippen LogP contribution is 2.20. The average Bonchev–Trinajstić information content (AvgIpc) is 3.27. The summed E-state index contributed by atoms with van der Waals surface area (Å²) in [4.78, 5) is 42.9. The van der Waals surface area contributed by atoms with Crippen molar-refractivity contribution in [3.63, 3.8) is 0 Å². The van der Waals surface area contributed by atoms with Gasteiger partial charge in [-0.25, -0.2) is 9.59 Å². The summed E-state index contributed by atoms with van der Waals surface area (Å²) < 4.78 is 5.00. The van der Waals surface area contributed by atoms with Crippen LogP contribution in [0.25, 0.3) is 0 Å². The second kappa shape index (κ2) is 12.9. The lowest BCUT2D eigenvalue weighted by molar-refractivity contribution is -0.133. The number of aryl methyl sites for hydroxylation is 1. The third-order valence-corrected chi connectivity index (χ3v) is 6.72. The molecule has 0 saturated heterocycles. The summed E-state index contributed by atoms with van der Waals surface area (Å²) in [7, 11) is 0. The van der Waals surface area contributed by atoms with Crippen LogP contribution in [0.1, 0.15) is 47.1 Å². The van der Waals surface area contributed by atoms with E-state index in [1.165, 1.54) is 4.90 Å². The number of anilines is 1. The molecule has 3 aromatic rings. The summed E-state index contributed by atoms with van der Waals surface area (Å²) in [5.74, 6) is -0.544. The van der Waals surface area contributed by atoms with Gasteiger partial charge >= 0.3 is 12.0 Å². The molecule has 2 aromatic carbocycles. The van der Waals surface area contributed by atoms with Crippen LogP contribution in [-0.2, 0) is 22.6 Å². The molecule has 0 saturated carbocycles. The highest BCUT2D eigenvalue weighted by atomic mass is 32.1. The van der Waals surface area contributed by atoms with Gasteiger partial charge in [-0.1, -0.05) is 30.3 Å². The molecule has 7 nitrogen and oxygen atoms in total. The Labute approximate surface area is 216 Å². The molecule has 0 fully saturated rings. The second-order valence-corrected chi connectivity index (χ2v) is 9.71. The van der Waals surface area contributed by atoms with E-state index in [4.69, 9.17) is 4.74 Å². The molecule has 1 aromatic heterocycles. The molecular formula is C28H33N3O4S. The van der Waals surface area contributed by atoms with Crippen molar-refractivity contribution in [1.29, 1.82) is 0 Å². The predicted molar refractivity (Wildman–Crippen MR) is 143 cm³/mol. The SMILES string of the molecule is CCOC(=O)c1ccc(NC(=O)N(CC(=O)N(Cc2ccccc2)Cc2sccc2C)C(C)C)cc1. The van der Waals surface area contributed by atoms with Gasteiger partial charge in [-0.3, -0.25) is 4.79 Å². The molecule has 0 bridgehead atoms. The fraction of sp³-hybridized carbons (Fsp3) is 0.321. The number of urea groups is 1. The van der Waals surface area contributed by atoms with Crippen LogP contribution in [0.2, 0.25) is 0 Å². The number of carbonyl (C=O) groups excluding carboxylic acids is 3.